The predicted octanol–water partition coefficient (Wildman–Crippen LogP) is 2.49. The second-order valence-electron chi connectivity index (χ2n) is 7.04. The van der Waals surface area contributed by atoms with Crippen LogP contribution in [-0.2, 0) is 20.1 Å². The number of likely N-dealkylation sites (tertiary alicyclic amines) is 1. The molecule has 0 spiro atoms. The SMILES string of the molecule is CC(=O)O[C@]1(c2ccccc2)N=N[C@H]2C(=O)N(C(C)(C)C)C[C@@H]21. The molecule has 0 N–H and O–H groups in total. The molecular formula is C17H21N3O3. The second kappa shape index (κ2) is 5.15. The molecule has 6 nitrogen and oxygen atoms in total. The van der Waals surface area contributed by atoms with Crippen molar-refractivity contribution >= 4 is 11.9 Å². The standard InChI is InChI=1S/C17H21N3O3/c1-11(21)23-17(12-8-6-5-7-9-12)13-10-20(16(2,3)4)15(22)14(13)18-19-17/h5-9,13-14H,10H2,1-4H3/t13-,14+,17-/m0/s1. The summed E-state index contributed by atoms with van der Waals surface area (Å²) in [6, 6.07) is 8.73. The van der Waals surface area contributed by atoms with E-state index in [1.165, 1.54) is 6.92 Å². The molecule has 1 amide bonds. The topological polar surface area (TPSA) is 71.3 Å². The summed E-state index contributed by atoms with van der Waals surface area (Å²) in [6.45, 7) is 7.77. The molecular weight excluding hydrogens is 294 g/mol. The Morgan fingerprint density at radius 1 is 1.30 bits per heavy atom. The van der Waals surface area contributed by atoms with Crippen LogP contribution >= 0.6 is 0 Å². The number of nitrogens with zero attached hydrogens (tertiary/aromatic N) is 3. The van der Waals surface area contributed by atoms with Crippen molar-refractivity contribution in [1.29, 1.82) is 0 Å². The van der Waals surface area contributed by atoms with Crippen LogP contribution in [0, 0.1) is 5.92 Å². The van der Waals surface area contributed by atoms with Gasteiger partial charge in [-0.25, -0.2) is 0 Å². The summed E-state index contributed by atoms with van der Waals surface area (Å²) in [4.78, 5) is 26.2. The van der Waals surface area contributed by atoms with Crippen LogP contribution in [-0.4, -0.2) is 34.9 Å². The first kappa shape index (κ1) is 15.6. The van der Waals surface area contributed by atoms with E-state index in [1.54, 1.807) is 4.90 Å². The van der Waals surface area contributed by atoms with E-state index in [9.17, 15) is 9.59 Å². The molecule has 6 heteroatoms. The van der Waals surface area contributed by atoms with Crippen molar-refractivity contribution < 1.29 is 14.3 Å². The fraction of sp³-hybridized carbons (Fsp3) is 0.529. The molecule has 1 aromatic rings. The zero-order valence-electron chi connectivity index (χ0n) is 13.8. The van der Waals surface area contributed by atoms with E-state index < -0.39 is 17.7 Å². The van der Waals surface area contributed by atoms with Crippen LogP contribution in [0.25, 0.3) is 0 Å². The maximum Gasteiger partial charge on any atom is 0.305 e. The van der Waals surface area contributed by atoms with E-state index in [-0.39, 0.29) is 17.4 Å². The molecule has 1 aromatic carbocycles. The third-order valence-electron chi connectivity index (χ3n) is 4.41. The van der Waals surface area contributed by atoms with Crippen molar-refractivity contribution in [3.63, 3.8) is 0 Å². The highest BCUT2D eigenvalue weighted by Crippen LogP contribution is 2.48. The zero-order chi connectivity index (χ0) is 16.8. The molecule has 2 aliphatic rings. The number of fused-ring (bicyclic) bond motifs is 1. The number of carbonyl (C=O) groups excluding carboxylic acids is 2. The smallest absolute Gasteiger partial charge is 0.305 e. The van der Waals surface area contributed by atoms with Crippen molar-refractivity contribution in [3.8, 4) is 0 Å². The van der Waals surface area contributed by atoms with Gasteiger partial charge in [-0.1, -0.05) is 30.3 Å². The minimum atomic E-state index is -1.21. The van der Waals surface area contributed by atoms with Gasteiger partial charge >= 0.3 is 5.97 Å². The van der Waals surface area contributed by atoms with Gasteiger partial charge in [-0.2, -0.15) is 5.11 Å². The van der Waals surface area contributed by atoms with E-state index in [4.69, 9.17) is 4.74 Å². The molecule has 0 unspecified atom stereocenters. The molecule has 1 fully saturated rings. The van der Waals surface area contributed by atoms with Crippen molar-refractivity contribution in [3.05, 3.63) is 35.9 Å². The fourth-order valence-electron chi connectivity index (χ4n) is 3.34. The Morgan fingerprint density at radius 3 is 2.52 bits per heavy atom. The monoisotopic (exact) mass is 315 g/mol. The van der Waals surface area contributed by atoms with Gasteiger partial charge in [0.15, 0.2) is 6.04 Å². The molecule has 3 atom stereocenters. The molecule has 0 aliphatic carbocycles. The molecule has 3 rings (SSSR count). The normalized spacial score (nSPS) is 29.7. The van der Waals surface area contributed by atoms with E-state index in [0.717, 1.165) is 5.56 Å². The Morgan fingerprint density at radius 2 is 1.96 bits per heavy atom. The van der Waals surface area contributed by atoms with E-state index in [2.05, 4.69) is 10.2 Å². The van der Waals surface area contributed by atoms with Crippen molar-refractivity contribution in [1.82, 2.24) is 4.90 Å². The third kappa shape index (κ3) is 2.42. The Labute approximate surface area is 135 Å². The predicted molar refractivity (Wildman–Crippen MR) is 83.5 cm³/mol. The van der Waals surface area contributed by atoms with Gasteiger partial charge in [0.25, 0.3) is 5.72 Å². The van der Waals surface area contributed by atoms with Gasteiger partial charge in [0.05, 0.1) is 5.92 Å². The quantitative estimate of drug-likeness (QED) is 0.787. The van der Waals surface area contributed by atoms with Crippen LogP contribution in [0.15, 0.2) is 40.6 Å². The zero-order valence-corrected chi connectivity index (χ0v) is 13.8. The fourth-order valence-corrected chi connectivity index (χ4v) is 3.34. The van der Waals surface area contributed by atoms with Crippen molar-refractivity contribution in [2.45, 2.75) is 45.0 Å². The lowest BCUT2D eigenvalue weighted by Crippen LogP contribution is -2.44. The van der Waals surface area contributed by atoms with E-state index in [1.807, 2.05) is 51.1 Å². The number of hydrogen-bond donors (Lipinski definition) is 0. The molecule has 122 valence electrons. The van der Waals surface area contributed by atoms with Crippen LogP contribution in [0.3, 0.4) is 0 Å². The molecule has 0 bridgehead atoms. The highest BCUT2D eigenvalue weighted by atomic mass is 16.6. The van der Waals surface area contributed by atoms with Gasteiger partial charge in [0.2, 0.25) is 5.91 Å². The molecule has 2 heterocycles. The molecule has 0 radical (unpaired) electrons. The van der Waals surface area contributed by atoms with Gasteiger partial charge in [0, 0.05) is 24.6 Å². The summed E-state index contributed by atoms with van der Waals surface area (Å²) in [5, 5.41) is 8.45. The summed E-state index contributed by atoms with van der Waals surface area (Å²) < 4.78 is 5.63. The van der Waals surface area contributed by atoms with Crippen LogP contribution in [0.4, 0.5) is 0 Å². The summed E-state index contributed by atoms with van der Waals surface area (Å²) >= 11 is 0. The molecule has 1 saturated heterocycles. The number of esters is 1. The molecule has 23 heavy (non-hydrogen) atoms. The number of amides is 1. The van der Waals surface area contributed by atoms with Crippen LogP contribution in [0.5, 0.6) is 0 Å². The maximum atomic E-state index is 12.7. The number of rotatable bonds is 2. The minimum absolute atomic E-state index is 0.0591. The highest BCUT2D eigenvalue weighted by molar-refractivity contribution is 5.86. The Kier molecular flexibility index (Phi) is 3.50. The van der Waals surface area contributed by atoms with E-state index in [0.29, 0.717) is 6.54 Å². The van der Waals surface area contributed by atoms with Crippen molar-refractivity contribution in [2.24, 2.45) is 16.1 Å². The number of benzene rings is 1. The van der Waals surface area contributed by atoms with Gasteiger partial charge in [-0.15, -0.1) is 5.11 Å². The summed E-state index contributed by atoms with van der Waals surface area (Å²) in [5.74, 6) is -0.799. The number of hydrogen-bond acceptors (Lipinski definition) is 5. The minimum Gasteiger partial charge on any atom is -0.431 e. The maximum absolute atomic E-state index is 12.7. The Bertz CT molecular complexity index is 665. The summed E-state index contributed by atoms with van der Waals surface area (Å²) in [6.07, 6.45) is 0. The number of carbonyl (C=O) groups is 2. The average Bonchev–Trinajstić information content (AvgIpc) is 2.99. The van der Waals surface area contributed by atoms with Gasteiger partial charge in [0.1, 0.15) is 0 Å². The van der Waals surface area contributed by atoms with Crippen molar-refractivity contribution in [2.75, 3.05) is 6.54 Å². The van der Waals surface area contributed by atoms with E-state index >= 15 is 0 Å². The number of azo groups is 1. The largest absolute Gasteiger partial charge is 0.431 e. The first-order chi connectivity index (χ1) is 10.8. The molecule has 2 aliphatic heterocycles. The van der Waals surface area contributed by atoms with Gasteiger partial charge < -0.3 is 9.64 Å². The lowest BCUT2D eigenvalue weighted by molar-refractivity contribution is -0.162. The van der Waals surface area contributed by atoms with Crippen LogP contribution in [0.2, 0.25) is 0 Å². The van der Waals surface area contributed by atoms with Gasteiger partial charge in [-0.05, 0) is 20.8 Å². The average molecular weight is 315 g/mol. The summed E-state index contributed by atoms with van der Waals surface area (Å²) in [7, 11) is 0. The Hall–Kier alpha value is -2.24. The molecule has 0 aromatic heterocycles. The third-order valence-corrected chi connectivity index (χ3v) is 4.41. The first-order valence-electron chi connectivity index (χ1n) is 7.74. The Balaban J connectivity index is 2.05. The highest BCUT2D eigenvalue weighted by Gasteiger charge is 2.61. The van der Waals surface area contributed by atoms with Gasteiger partial charge in [-0.3, -0.25) is 9.59 Å². The summed E-state index contributed by atoms with van der Waals surface area (Å²) in [5.41, 5.74) is -0.779. The lowest BCUT2D eigenvalue weighted by atomic mass is 9.87. The van der Waals surface area contributed by atoms with Crippen LogP contribution in [0.1, 0.15) is 33.3 Å². The van der Waals surface area contributed by atoms with Crippen LogP contribution < -0.4 is 0 Å². The first-order valence-corrected chi connectivity index (χ1v) is 7.74. The second-order valence-corrected chi connectivity index (χ2v) is 7.04. The number of ether oxygens (including phenoxy) is 1. The lowest BCUT2D eigenvalue weighted by Gasteiger charge is -2.35. The molecule has 0 saturated carbocycles.